The number of fused-ring (bicyclic) bond motifs is 1. The number of hydrogen-bond donors (Lipinski definition) is 0. The summed E-state index contributed by atoms with van der Waals surface area (Å²) >= 11 is 0. The molecule has 2 heterocycles. The third-order valence-electron chi connectivity index (χ3n) is 8.34. The van der Waals surface area contributed by atoms with E-state index in [0.29, 0.717) is 0 Å². The zero-order valence-corrected chi connectivity index (χ0v) is 23.7. The standard InChI is InChI=1S/C30H39N5O2/c1-28(2,3)29(4,5)30(6,7)35(22-13-23(36-9)16-24(14-22)37-10)21-11-12-25-26(15-21)33-27(18-31-25)20-17-32-34(8)19-20/h11-19H,1-10H3. The van der Waals surface area contributed by atoms with Gasteiger partial charge in [0.05, 0.1) is 43.3 Å². The van der Waals surface area contributed by atoms with Crippen molar-refractivity contribution in [2.75, 3.05) is 19.1 Å². The molecule has 0 spiro atoms. The minimum absolute atomic E-state index is 0.0157. The minimum atomic E-state index is -0.329. The summed E-state index contributed by atoms with van der Waals surface area (Å²) in [5.74, 6) is 1.48. The number of rotatable bonds is 7. The second-order valence-electron chi connectivity index (χ2n) is 11.7. The van der Waals surface area contributed by atoms with Crippen LogP contribution in [0.3, 0.4) is 0 Å². The highest BCUT2D eigenvalue weighted by Gasteiger charge is 2.49. The van der Waals surface area contributed by atoms with Gasteiger partial charge < -0.3 is 14.4 Å². The second-order valence-corrected chi connectivity index (χ2v) is 11.7. The third kappa shape index (κ3) is 4.75. The van der Waals surface area contributed by atoms with Gasteiger partial charge in [-0.2, -0.15) is 5.10 Å². The fourth-order valence-corrected chi connectivity index (χ4v) is 4.74. The molecule has 0 aliphatic carbocycles. The highest BCUT2D eigenvalue weighted by molar-refractivity contribution is 5.83. The molecule has 0 atom stereocenters. The third-order valence-corrected chi connectivity index (χ3v) is 8.34. The molecule has 7 nitrogen and oxygen atoms in total. The van der Waals surface area contributed by atoms with Crippen molar-refractivity contribution in [2.45, 2.75) is 54.0 Å². The summed E-state index contributed by atoms with van der Waals surface area (Å²) in [6.45, 7) is 16.1. The van der Waals surface area contributed by atoms with E-state index in [2.05, 4.69) is 87.7 Å². The predicted molar refractivity (Wildman–Crippen MR) is 151 cm³/mol. The van der Waals surface area contributed by atoms with E-state index in [4.69, 9.17) is 14.5 Å². The average Bonchev–Trinajstić information content (AvgIpc) is 3.28. The monoisotopic (exact) mass is 501 g/mol. The Labute approximate surface area is 220 Å². The molecule has 0 N–H and O–H groups in total. The number of aryl methyl sites for hydroxylation is 1. The van der Waals surface area contributed by atoms with Crippen LogP contribution in [0.2, 0.25) is 0 Å². The van der Waals surface area contributed by atoms with Crippen molar-refractivity contribution >= 4 is 22.4 Å². The Morgan fingerprint density at radius 2 is 1.43 bits per heavy atom. The minimum Gasteiger partial charge on any atom is -0.497 e. The van der Waals surface area contributed by atoms with E-state index in [-0.39, 0.29) is 16.4 Å². The molecule has 0 aliphatic heterocycles. The lowest BCUT2D eigenvalue weighted by molar-refractivity contribution is 0.0509. The fourth-order valence-electron chi connectivity index (χ4n) is 4.74. The molecule has 0 radical (unpaired) electrons. The topological polar surface area (TPSA) is 65.3 Å². The Kier molecular flexibility index (Phi) is 6.69. The number of benzene rings is 2. The van der Waals surface area contributed by atoms with E-state index >= 15 is 0 Å². The van der Waals surface area contributed by atoms with Crippen LogP contribution in [0.25, 0.3) is 22.3 Å². The van der Waals surface area contributed by atoms with E-state index in [1.807, 2.05) is 31.6 Å². The SMILES string of the molecule is COc1cc(OC)cc(N(c2ccc3ncc(-c4cnn(C)c4)nc3c2)C(C)(C)C(C)(C)C(C)(C)C)c1. The molecule has 0 saturated carbocycles. The van der Waals surface area contributed by atoms with Gasteiger partial charge in [-0.25, -0.2) is 4.98 Å². The maximum Gasteiger partial charge on any atom is 0.124 e. The largest absolute Gasteiger partial charge is 0.497 e. The molecule has 0 unspecified atom stereocenters. The highest BCUT2D eigenvalue weighted by atomic mass is 16.5. The number of methoxy groups -OCH3 is 2. The maximum atomic E-state index is 5.65. The Hall–Kier alpha value is -3.61. The van der Waals surface area contributed by atoms with Gasteiger partial charge in [-0.3, -0.25) is 9.67 Å². The second kappa shape index (κ2) is 9.36. The number of ether oxygens (including phenoxy) is 2. The fraction of sp³-hybridized carbons (Fsp3) is 0.433. The Balaban J connectivity index is 1.95. The molecular formula is C30H39N5O2. The normalized spacial score (nSPS) is 12.6. The van der Waals surface area contributed by atoms with Gasteiger partial charge in [0.15, 0.2) is 0 Å². The van der Waals surface area contributed by atoms with Crippen LogP contribution >= 0.6 is 0 Å². The van der Waals surface area contributed by atoms with Crippen molar-refractivity contribution < 1.29 is 9.47 Å². The van der Waals surface area contributed by atoms with E-state index in [9.17, 15) is 0 Å². The van der Waals surface area contributed by atoms with Gasteiger partial charge >= 0.3 is 0 Å². The quantitative estimate of drug-likeness (QED) is 0.271. The predicted octanol–water partition coefficient (Wildman–Crippen LogP) is 7.04. The molecule has 2 aromatic heterocycles. The lowest BCUT2D eigenvalue weighted by atomic mass is 9.58. The first-order valence-electron chi connectivity index (χ1n) is 12.6. The summed E-state index contributed by atoms with van der Waals surface area (Å²) < 4.78 is 13.1. The lowest BCUT2D eigenvalue weighted by Crippen LogP contribution is -2.57. The first-order valence-corrected chi connectivity index (χ1v) is 12.6. The van der Waals surface area contributed by atoms with Crippen LogP contribution in [-0.2, 0) is 7.05 Å². The van der Waals surface area contributed by atoms with Crippen LogP contribution < -0.4 is 14.4 Å². The van der Waals surface area contributed by atoms with Crippen molar-refractivity contribution in [1.29, 1.82) is 0 Å². The summed E-state index contributed by atoms with van der Waals surface area (Å²) in [5, 5.41) is 4.29. The van der Waals surface area contributed by atoms with Crippen LogP contribution in [-0.4, -0.2) is 39.5 Å². The Bertz CT molecular complexity index is 1390. The van der Waals surface area contributed by atoms with E-state index in [1.54, 1.807) is 25.1 Å². The summed E-state index contributed by atoms with van der Waals surface area (Å²) in [6.07, 6.45) is 5.56. The Morgan fingerprint density at radius 1 is 0.784 bits per heavy atom. The van der Waals surface area contributed by atoms with E-state index in [0.717, 1.165) is 45.2 Å². The number of nitrogens with zero attached hydrogens (tertiary/aromatic N) is 5. The van der Waals surface area contributed by atoms with Gasteiger partial charge in [0.1, 0.15) is 11.5 Å². The van der Waals surface area contributed by atoms with Gasteiger partial charge in [0.25, 0.3) is 0 Å². The van der Waals surface area contributed by atoms with Crippen molar-refractivity contribution in [3.63, 3.8) is 0 Å². The first-order chi connectivity index (χ1) is 17.3. The van der Waals surface area contributed by atoms with Crippen LogP contribution in [0.1, 0.15) is 48.5 Å². The Morgan fingerprint density at radius 3 is 1.97 bits per heavy atom. The molecule has 4 rings (SSSR count). The van der Waals surface area contributed by atoms with Crippen molar-refractivity contribution in [3.05, 3.63) is 55.0 Å². The molecule has 2 aromatic carbocycles. The van der Waals surface area contributed by atoms with Gasteiger partial charge in [-0.15, -0.1) is 0 Å². The van der Waals surface area contributed by atoms with Gasteiger partial charge in [0.2, 0.25) is 0 Å². The summed E-state index contributed by atoms with van der Waals surface area (Å²) in [7, 11) is 5.26. The molecule has 4 aromatic rings. The van der Waals surface area contributed by atoms with Crippen LogP contribution in [0, 0.1) is 10.8 Å². The van der Waals surface area contributed by atoms with Crippen LogP contribution in [0.15, 0.2) is 55.0 Å². The zero-order chi connectivity index (χ0) is 27.2. The van der Waals surface area contributed by atoms with Crippen molar-refractivity contribution in [1.82, 2.24) is 19.7 Å². The summed E-state index contributed by atoms with van der Waals surface area (Å²) in [6, 6.07) is 12.3. The summed E-state index contributed by atoms with van der Waals surface area (Å²) in [5.41, 5.74) is 4.96. The van der Waals surface area contributed by atoms with Crippen molar-refractivity contribution in [2.24, 2.45) is 17.9 Å². The molecule has 0 fully saturated rings. The molecule has 196 valence electrons. The van der Waals surface area contributed by atoms with Gasteiger partial charge in [-0.1, -0.05) is 34.6 Å². The van der Waals surface area contributed by atoms with Crippen LogP contribution in [0.5, 0.6) is 11.5 Å². The molecule has 0 amide bonds. The smallest absolute Gasteiger partial charge is 0.124 e. The number of aromatic nitrogens is 4. The molecular weight excluding hydrogens is 462 g/mol. The highest BCUT2D eigenvalue weighted by Crippen LogP contribution is 2.52. The van der Waals surface area contributed by atoms with Gasteiger partial charge in [0, 0.05) is 53.9 Å². The first kappa shape index (κ1) is 26.5. The van der Waals surface area contributed by atoms with E-state index in [1.165, 1.54) is 0 Å². The van der Waals surface area contributed by atoms with Gasteiger partial charge in [-0.05, 0) is 42.9 Å². The lowest BCUT2D eigenvalue weighted by Gasteiger charge is -2.56. The molecule has 7 heteroatoms. The number of anilines is 2. The summed E-state index contributed by atoms with van der Waals surface area (Å²) in [4.78, 5) is 12.0. The number of hydrogen-bond acceptors (Lipinski definition) is 6. The van der Waals surface area contributed by atoms with Crippen LogP contribution in [0.4, 0.5) is 11.4 Å². The molecule has 0 aliphatic rings. The average molecular weight is 502 g/mol. The molecule has 37 heavy (non-hydrogen) atoms. The van der Waals surface area contributed by atoms with Crippen molar-refractivity contribution in [3.8, 4) is 22.8 Å². The zero-order valence-electron chi connectivity index (χ0n) is 23.7. The molecule has 0 saturated heterocycles. The maximum absolute atomic E-state index is 5.65. The molecule has 0 bridgehead atoms. The van der Waals surface area contributed by atoms with E-state index < -0.39 is 0 Å².